The number of nitrogens with one attached hydrogen (secondary N) is 2. The summed E-state index contributed by atoms with van der Waals surface area (Å²) in [4.78, 5) is 28.4. The number of carboxylic acids is 1. The van der Waals surface area contributed by atoms with E-state index in [9.17, 15) is 22.8 Å². The van der Waals surface area contributed by atoms with Gasteiger partial charge in [0, 0.05) is 29.9 Å². The Hall–Kier alpha value is -3.60. The van der Waals surface area contributed by atoms with Gasteiger partial charge in [-0.15, -0.1) is 0 Å². The number of halogens is 3. The van der Waals surface area contributed by atoms with Crippen LogP contribution in [0.25, 0.3) is 0 Å². The SMILES string of the molecule is Nc1ccc(C(=NOCC(=O)NCC2CCCCC2)c2ccc(C(F)(F)F)cc2)cc1CNCC(=O)O. The Morgan fingerprint density at radius 2 is 1.73 bits per heavy atom. The Bertz CT molecular complexity index is 1100. The van der Waals surface area contributed by atoms with Crippen molar-refractivity contribution >= 4 is 23.3 Å². The molecule has 0 saturated heterocycles. The van der Waals surface area contributed by atoms with E-state index in [-0.39, 0.29) is 31.3 Å². The number of oxime groups is 1. The minimum Gasteiger partial charge on any atom is -0.480 e. The Morgan fingerprint density at radius 3 is 2.38 bits per heavy atom. The van der Waals surface area contributed by atoms with Gasteiger partial charge < -0.3 is 26.3 Å². The first-order chi connectivity index (χ1) is 17.6. The molecule has 0 aromatic heterocycles. The maximum absolute atomic E-state index is 13.1. The van der Waals surface area contributed by atoms with E-state index in [0.29, 0.717) is 34.8 Å². The quantitative estimate of drug-likeness (QED) is 0.202. The number of rotatable bonds is 11. The zero-order valence-corrected chi connectivity index (χ0v) is 20.3. The molecule has 1 amide bonds. The van der Waals surface area contributed by atoms with E-state index in [1.54, 1.807) is 18.2 Å². The van der Waals surface area contributed by atoms with E-state index in [1.165, 1.54) is 18.6 Å². The Morgan fingerprint density at radius 1 is 1.05 bits per heavy atom. The van der Waals surface area contributed by atoms with Crippen LogP contribution in [0.3, 0.4) is 0 Å². The first-order valence-corrected chi connectivity index (χ1v) is 12.1. The van der Waals surface area contributed by atoms with Gasteiger partial charge in [0.15, 0.2) is 6.61 Å². The van der Waals surface area contributed by atoms with Gasteiger partial charge in [0.25, 0.3) is 5.91 Å². The van der Waals surface area contributed by atoms with Crippen molar-refractivity contribution in [3.05, 3.63) is 64.7 Å². The maximum Gasteiger partial charge on any atom is 0.416 e. The van der Waals surface area contributed by atoms with Crippen LogP contribution in [0.4, 0.5) is 18.9 Å². The second-order valence-corrected chi connectivity index (χ2v) is 9.01. The molecule has 0 aliphatic heterocycles. The number of carbonyl (C=O) groups is 2. The highest BCUT2D eigenvalue weighted by Crippen LogP contribution is 2.30. The standard InChI is InChI=1S/C26H31F3N4O4/c27-26(28,29)21-9-6-18(7-10-21)25(19-8-11-22(30)20(12-19)14-31-15-24(35)36)33-37-16-23(34)32-13-17-4-2-1-3-5-17/h6-12,17,31H,1-5,13-16,30H2,(H,32,34)(H,35,36). The fourth-order valence-electron chi connectivity index (χ4n) is 4.16. The largest absolute Gasteiger partial charge is 0.480 e. The van der Waals surface area contributed by atoms with Gasteiger partial charge in [0.1, 0.15) is 5.71 Å². The van der Waals surface area contributed by atoms with Crippen molar-refractivity contribution in [2.75, 3.05) is 25.4 Å². The van der Waals surface area contributed by atoms with Gasteiger partial charge in [0.05, 0.1) is 12.1 Å². The molecule has 3 rings (SSSR count). The number of amides is 1. The van der Waals surface area contributed by atoms with E-state index in [2.05, 4.69) is 15.8 Å². The van der Waals surface area contributed by atoms with Crippen LogP contribution in [0, 0.1) is 5.92 Å². The first kappa shape index (κ1) is 28.0. The minimum absolute atomic E-state index is 0.149. The molecule has 2 aromatic rings. The maximum atomic E-state index is 13.1. The summed E-state index contributed by atoms with van der Waals surface area (Å²) in [6.07, 6.45) is 1.21. The average molecular weight is 521 g/mol. The summed E-state index contributed by atoms with van der Waals surface area (Å²) in [5.41, 5.74) is 7.19. The Labute approximate surface area is 213 Å². The normalized spacial score (nSPS) is 14.8. The van der Waals surface area contributed by atoms with Gasteiger partial charge in [-0.3, -0.25) is 9.59 Å². The van der Waals surface area contributed by atoms with Gasteiger partial charge in [-0.25, -0.2) is 0 Å². The second kappa shape index (κ2) is 13.1. The summed E-state index contributed by atoms with van der Waals surface area (Å²) >= 11 is 0. The monoisotopic (exact) mass is 520 g/mol. The smallest absolute Gasteiger partial charge is 0.416 e. The third kappa shape index (κ3) is 8.78. The molecule has 5 N–H and O–H groups in total. The number of nitrogens with zero attached hydrogens (tertiary/aromatic N) is 1. The summed E-state index contributed by atoms with van der Waals surface area (Å²) in [5.74, 6) is -0.916. The lowest BCUT2D eigenvalue weighted by molar-refractivity contribution is -0.138. The molecular weight excluding hydrogens is 489 g/mol. The number of carbonyl (C=O) groups excluding carboxylic acids is 1. The molecule has 11 heteroatoms. The number of anilines is 1. The average Bonchev–Trinajstić information content (AvgIpc) is 2.87. The number of hydrogen-bond acceptors (Lipinski definition) is 6. The zero-order valence-electron chi connectivity index (χ0n) is 20.3. The predicted octanol–water partition coefficient (Wildman–Crippen LogP) is 3.93. The molecule has 1 aliphatic rings. The van der Waals surface area contributed by atoms with E-state index in [4.69, 9.17) is 15.7 Å². The highest BCUT2D eigenvalue weighted by Gasteiger charge is 2.30. The van der Waals surface area contributed by atoms with Crippen molar-refractivity contribution < 1.29 is 32.7 Å². The number of carboxylic acid groups (broad SMARTS) is 1. The number of alkyl halides is 3. The van der Waals surface area contributed by atoms with Crippen molar-refractivity contribution in [1.82, 2.24) is 10.6 Å². The van der Waals surface area contributed by atoms with Crippen LogP contribution < -0.4 is 16.4 Å². The summed E-state index contributed by atoms with van der Waals surface area (Å²) < 4.78 is 39.2. The van der Waals surface area contributed by atoms with Crippen molar-refractivity contribution in [2.24, 2.45) is 11.1 Å². The van der Waals surface area contributed by atoms with Gasteiger partial charge >= 0.3 is 12.1 Å². The molecule has 2 aromatic carbocycles. The molecule has 1 saturated carbocycles. The fraction of sp³-hybridized carbons (Fsp3) is 0.423. The van der Waals surface area contributed by atoms with Crippen molar-refractivity contribution in [2.45, 2.75) is 44.8 Å². The molecular formula is C26H31F3N4O4. The third-order valence-corrected chi connectivity index (χ3v) is 6.16. The summed E-state index contributed by atoms with van der Waals surface area (Å²) in [6.45, 7) is 0.0977. The van der Waals surface area contributed by atoms with Gasteiger partial charge in [-0.05, 0) is 48.6 Å². The fourth-order valence-corrected chi connectivity index (χ4v) is 4.16. The van der Waals surface area contributed by atoms with Crippen LogP contribution in [0.2, 0.25) is 0 Å². The lowest BCUT2D eigenvalue weighted by Gasteiger charge is -2.21. The molecule has 0 atom stereocenters. The van der Waals surface area contributed by atoms with Crippen molar-refractivity contribution in [3.8, 4) is 0 Å². The number of nitrogens with two attached hydrogens (primary N) is 1. The predicted molar refractivity (Wildman–Crippen MR) is 133 cm³/mol. The molecule has 1 aliphatic carbocycles. The molecule has 200 valence electrons. The van der Waals surface area contributed by atoms with E-state index >= 15 is 0 Å². The second-order valence-electron chi connectivity index (χ2n) is 9.01. The molecule has 8 nitrogen and oxygen atoms in total. The highest BCUT2D eigenvalue weighted by atomic mass is 19.4. The lowest BCUT2D eigenvalue weighted by atomic mass is 9.89. The number of nitrogen functional groups attached to an aromatic ring is 1. The van der Waals surface area contributed by atoms with Crippen LogP contribution in [-0.2, 0) is 27.1 Å². The molecule has 0 bridgehead atoms. The van der Waals surface area contributed by atoms with E-state index in [1.807, 2.05) is 0 Å². The van der Waals surface area contributed by atoms with Crippen LogP contribution in [-0.4, -0.2) is 42.4 Å². The van der Waals surface area contributed by atoms with Crippen LogP contribution in [0.15, 0.2) is 47.6 Å². The molecule has 1 fully saturated rings. The lowest BCUT2D eigenvalue weighted by Crippen LogP contribution is -2.32. The first-order valence-electron chi connectivity index (χ1n) is 12.1. The van der Waals surface area contributed by atoms with Gasteiger partial charge in [-0.2, -0.15) is 13.2 Å². The molecule has 0 radical (unpaired) electrons. The summed E-state index contributed by atoms with van der Waals surface area (Å²) in [5, 5.41) is 18.5. The topological polar surface area (TPSA) is 126 Å². The Balaban J connectivity index is 1.77. The molecule has 0 heterocycles. The summed E-state index contributed by atoms with van der Waals surface area (Å²) in [7, 11) is 0. The number of hydrogen-bond donors (Lipinski definition) is 4. The van der Waals surface area contributed by atoms with Crippen molar-refractivity contribution in [3.63, 3.8) is 0 Å². The van der Waals surface area contributed by atoms with Crippen LogP contribution >= 0.6 is 0 Å². The molecule has 0 unspecified atom stereocenters. The van der Waals surface area contributed by atoms with Crippen molar-refractivity contribution in [1.29, 1.82) is 0 Å². The van der Waals surface area contributed by atoms with Crippen LogP contribution in [0.1, 0.15) is 54.4 Å². The summed E-state index contributed by atoms with van der Waals surface area (Å²) in [6, 6.07) is 9.28. The number of benzene rings is 2. The number of aliphatic carboxylic acids is 1. The minimum atomic E-state index is -4.49. The molecule has 37 heavy (non-hydrogen) atoms. The third-order valence-electron chi connectivity index (χ3n) is 6.16. The van der Waals surface area contributed by atoms with E-state index < -0.39 is 17.7 Å². The van der Waals surface area contributed by atoms with E-state index in [0.717, 1.165) is 37.8 Å². The highest BCUT2D eigenvalue weighted by molar-refractivity contribution is 6.13. The van der Waals surface area contributed by atoms with Gasteiger partial charge in [0.2, 0.25) is 0 Å². The molecule has 0 spiro atoms. The van der Waals surface area contributed by atoms with Gasteiger partial charge in [-0.1, -0.05) is 42.6 Å². The zero-order chi connectivity index (χ0) is 26.8. The Kier molecular flexibility index (Phi) is 9.90. The van der Waals surface area contributed by atoms with Crippen LogP contribution in [0.5, 0.6) is 0 Å².